The monoisotopic (exact) mass is 323 g/mol. The van der Waals surface area contributed by atoms with E-state index < -0.39 is 0 Å². The Morgan fingerprint density at radius 2 is 2.19 bits per heavy atom. The van der Waals surface area contributed by atoms with Crippen LogP contribution in [0.25, 0.3) is 0 Å². The van der Waals surface area contributed by atoms with E-state index in [2.05, 4.69) is 10.3 Å². The molecule has 4 nitrogen and oxygen atoms in total. The van der Waals surface area contributed by atoms with E-state index in [0.29, 0.717) is 12.3 Å². The third kappa shape index (κ3) is 4.79. The molecule has 2 rings (SSSR count). The molecule has 1 aromatic heterocycles. The number of halogens is 1. The molecular weight excluding hydrogens is 306 g/mol. The highest BCUT2D eigenvalue weighted by Gasteiger charge is 2.09. The van der Waals surface area contributed by atoms with Gasteiger partial charge in [0.05, 0.1) is 12.3 Å². The summed E-state index contributed by atoms with van der Waals surface area (Å²) < 4.78 is 1.99. The summed E-state index contributed by atoms with van der Waals surface area (Å²) in [6, 6.07) is 7.88. The number of aromatic nitrogens is 2. The number of nitrogens with one attached hydrogen (secondary N) is 1. The van der Waals surface area contributed by atoms with Crippen LogP contribution in [0.15, 0.2) is 41.8 Å². The first kappa shape index (κ1) is 15.9. The van der Waals surface area contributed by atoms with Crippen LogP contribution in [0.5, 0.6) is 0 Å². The number of benzene rings is 1. The third-order valence-electron chi connectivity index (χ3n) is 2.76. The van der Waals surface area contributed by atoms with E-state index >= 15 is 0 Å². The maximum absolute atomic E-state index is 11.7. The number of hydrogen-bond acceptors (Lipinski definition) is 3. The minimum absolute atomic E-state index is 0.0160. The van der Waals surface area contributed by atoms with Crippen LogP contribution in [0.1, 0.15) is 19.4 Å². The first-order valence-corrected chi connectivity index (χ1v) is 8.09. The second-order valence-electron chi connectivity index (χ2n) is 4.94. The largest absolute Gasteiger partial charge is 0.353 e. The van der Waals surface area contributed by atoms with Crippen LogP contribution in [-0.2, 0) is 11.3 Å². The van der Waals surface area contributed by atoms with Gasteiger partial charge in [-0.05, 0) is 25.5 Å². The van der Waals surface area contributed by atoms with Crippen molar-refractivity contribution in [3.05, 3.63) is 47.2 Å². The molecule has 1 N–H and O–H groups in total. The summed E-state index contributed by atoms with van der Waals surface area (Å²) in [7, 11) is 0. The summed E-state index contributed by atoms with van der Waals surface area (Å²) in [5.74, 6) is 0.375. The molecule has 112 valence electrons. The molecule has 0 radical (unpaired) electrons. The summed E-state index contributed by atoms with van der Waals surface area (Å²) in [5.41, 5.74) is 1.03. The lowest BCUT2D eigenvalue weighted by Gasteiger charge is -2.10. The summed E-state index contributed by atoms with van der Waals surface area (Å²) in [5, 5.41) is 4.42. The van der Waals surface area contributed by atoms with Crippen molar-refractivity contribution in [1.82, 2.24) is 14.9 Å². The molecule has 1 aromatic carbocycles. The van der Waals surface area contributed by atoms with Gasteiger partial charge in [-0.1, -0.05) is 41.6 Å². The lowest BCUT2D eigenvalue weighted by Crippen LogP contribution is -2.31. The second-order valence-corrected chi connectivity index (χ2v) is 6.29. The quantitative estimate of drug-likeness (QED) is 0.830. The van der Waals surface area contributed by atoms with Gasteiger partial charge in [-0.2, -0.15) is 0 Å². The Labute approximate surface area is 133 Å². The molecule has 0 saturated heterocycles. The Morgan fingerprint density at radius 1 is 1.43 bits per heavy atom. The molecule has 21 heavy (non-hydrogen) atoms. The average molecular weight is 324 g/mol. The number of carbonyl (C=O) groups excluding carboxylic acids is 1. The van der Waals surface area contributed by atoms with Gasteiger partial charge in [0, 0.05) is 23.5 Å². The summed E-state index contributed by atoms with van der Waals surface area (Å²) >= 11 is 7.60. The Bertz CT molecular complexity index is 612. The van der Waals surface area contributed by atoms with Gasteiger partial charge in [0.2, 0.25) is 5.91 Å². The van der Waals surface area contributed by atoms with E-state index in [-0.39, 0.29) is 11.9 Å². The van der Waals surface area contributed by atoms with Crippen molar-refractivity contribution in [2.24, 2.45) is 0 Å². The van der Waals surface area contributed by atoms with Gasteiger partial charge in [-0.15, -0.1) is 0 Å². The van der Waals surface area contributed by atoms with Crippen molar-refractivity contribution < 1.29 is 4.79 Å². The Hall–Kier alpha value is -1.46. The highest BCUT2D eigenvalue weighted by molar-refractivity contribution is 7.99. The van der Waals surface area contributed by atoms with Crippen molar-refractivity contribution >= 4 is 29.3 Å². The van der Waals surface area contributed by atoms with Gasteiger partial charge in [-0.3, -0.25) is 4.79 Å². The maximum atomic E-state index is 11.7. The van der Waals surface area contributed by atoms with E-state index in [9.17, 15) is 4.79 Å². The first-order valence-electron chi connectivity index (χ1n) is 6.73. The summed E-state index contributed by atoms with van der Waals surface area (Å²) in [6.45, 7) is 4.54. The zero-order chi connectivity index (χ0) is 15.2. The van der Waals surface area contributed by atoms with Crippen LogP contribution < -0.4 is 5.32 Å². The third-order valence-corrected chi connectivity index (χ3v) is 4.13. The highest BCUT2D eigenvalue weighted by Crippen LogP contribution is 2.20. The zero-order valence-corrected chi connectivity index (χ0v) is 13.6. The van der Waals surface area contributed by atoms with Crippen molar-refractivity contribution in [3.63, 3.8) is 0 Å². The van der Waals surface area contributed by atoms with Crippen molar-refractivity contribution in [1.29, 1.82) is 0 Å². The van der Waals surface area contributed by atoms with Crippen LogP contribution in [0.2, 0.25) is 5.02 Å². The van der Waals surface area contributed by atoms with Crippen LogP contribution in [0.3, 0.4) is 0 Å². The molecule has 0 fully saturated rings. The molecule has 0 aliphatic carbocycles. The van der Waals surface area contributed by atoms with E-state index in [1.54, 1.807) is 6.20 Å². The smallest absolute Gasteiger partial charge is 0.230 e. The summed E-state index contributed by atoms with van der Waals surface area (Å²) in [6.07, 6.45) is 3.63. The summed E-state index contributed by atoms with van der Waals surface area (Å²) in [4.78, 5) is 16.0. The van der Waals surface area contributed by atoms with Crippen molar-refractivity contribution in [2.75, 3.05) is 5.75 Å². The topological polar surface area (TPSA) is 46.9 Å². The zero-order valence-electron chi connectivity index (χ0n) is 12.0. The Kier molecular flexibility index (Phi) is 5.70. The number of carbonyl (C=O) groups is 1. The molecule has 1 heterocycles. The van der Waals surface area contributed by atoms with Gasteiger partial charge >= 0.3 is 0 Å². The molecule has 0 saturated carbocycles. The Balaban J connectivity index is 1.99. The minimum Gasteiger partial charge on any atom is -0.353 e. The number of imidazole rings is 1. The molecular formula is C15H18ClN3OS. The fraction of sp³-hybridized carbons (Fsp3) is 0.333. The number of rotatable bonds is 6. The number of hydrogen-bond donors (Lipinski definition) is 1. The number of thioether (sulfide) groups is 1. The number of nitrogens with zero attached hydrogens (tertiary/aromatic N) is 2. The highest BCUT2D eigenvalue weighted by atomic mass is 35.5. The van der Waals surface area contributed by atoms with E-state index in [0.717, 1.165) is 15.7 Å². The van der Waals surface area contributed by atoms with Crippen molar-refractivity contribution in [2.45, 2.75) is 31.6 Å². The molecule has 2 aromatic rings. The van der Waals surface area contributed by atoms with Gasteiger partial charge in [-0.25, -0.2) is 4.98 Å². The first-order chi connectivity index (χ1) is 10.1. The van der Waals surface area contributed by atoms with Crippen molar-refractivity contribution in [3.8, 4) is 0 Å². The van der Waals surface area contributed by atoms with Crippen LogP contribution in [0.4, 0.5) is 0 Å². The number of amides is 1. The normalized spacial score (nSPS) is 10.9. The van der Waals surface area contributed by atoms with Crippen LogP contribution in [-0.4, -0.2) is 27.3 Å². The molecule has 6 heteroatoms. The standard InChI is InChI=1S/C15H18ClN3OS/c1-11(2)18-14(20)10-21-15-17-7-8-19(15)9-12-5-3-4-6-13(12)16/h3-8,11H,9-10H2,1-2H3,(H,18,20). The lowest BCUT2D eigenvalue weighted by molar-refractivity contribution is -0.119. The van der Waals surface area contributed by atoms with Gasteiger partial charge in [0.1, 0.15) is 0 Å². The second kappa shape index (κ2) is 7.52. The van der Waals surface area contributed by atoms with Gasteiger partial charge in [0.25, 0.3) is 0 Å². The molecule has 0 aliphatic rings. The van der Waals surface area contributed by atoms with E-state index in [1.165, 1.54) is 11.8 Å². The molecule has 0 spiro atoms. The predicted octanol–water partition coefficient (Wildman–Crippen LogP) is 3.20. The minimum atomic E-state index is 0.0160. The van der Waals surface area contributed by atoms with E-state index in [4.69, 9.17) is 11.6 Å². The van der Waals surface area contributed by atoms with E-state index in [1.807, 2.05) is 48.9 Å². The average Bonchev–Trinajstić information content (AvgIpc) is 2.86. The Morgan fingerprint density at radius 3 is 2.90 bits per heavy atom. The fourth-order valence-corrected chi connectivity index (χ4v) is 2.83. The molecule has 0 atom stereocenters. The lowest BCUT2D eigenvalue weighted by atomic mass is 10.2. The SMILES string of the molecule is CC(C)NC(=O)CSc1nccn1Cc1ccccc1Cl. The molecule has 0 aliphatic heterocycles. The predicted molar refractivity (Wildman–Crippen MR) is 86.8 cm³/mol. The van der Waals surface area contributed by atoms with Gasteiger partial charge in [0.15, 0.2) is 5.16 Å². The maximum Gasteiger partial charge on any atom is 0.230 e. The molecule has 0 bridgehead atoms. The van der Waals surface area contributed by atoms with Gasteiger partial charge < -0.3 is 9.88 Å². The van der Waals surface area contributed by atoms with Crippen LogP contribution >= 0.6 is 23.4 Å². The fourth-order valence-electron chi connectivity index (χ4n) is 1.86. The van der Waals surface area contributed by atoms with Crippen LogP contribution in [0, 0.1) is 0 Å². The molecule has 1 amide bonds. The molecule has 0 unspecified atom stereocenters.